The van der Waals surface area contributed by atoms with Gasteiger partial charge in [0.15, 0.2) is 0 Å². The molecule has 0 fully saturated rings. The minimum atomic E-state index is 0.428. The Morgan fingerprint density at radius 2 is 1.47 bits per heavy atom. The highest BCUT2D eigenvalue weighted by atomic mass is 16.5. The summed E-state index contributed by atoms with van der Waals surface area (Å²) < 4.78 is 4.78. The molecule has 0 aliphatic heterocycles. The van der Waals surface area contributed by atoms with Gasteiger partial charge in [0.1, 0.15) is 5.75 Å². The number of hydrogen-bond acceptors (Lipinski definition) is 2. The first-order chi connectivity index (χ1) is 7.04. The number of rotatable bonds is 4. The summed E-state index contributed by atoms with van der Waals surface area (Å²) >= 11 is 0. The molecule has 0 amide bonds. The SMILES string of the molecule is CC(C)c1cc(O[C]=O)cc(C(C)C)c1. The lowest BCUT2D eigenvalue weighted by atomic mass is 9.95. The average molecular weight is 205 g/mol. The van der Waals surface area contributed by atoms with Gasteiger partial charge >= 0.3 is 6.47 Å². The fourth-order valence-corrected chi connectivity index (χ4v) is 1.42. The fourth-order valence-electron chi connectivity index (χ4n) is 1.42. The maximum Gasteiger partial charge on any atom is 0.423 e. The average Bonchev–Trinajstić information content (AvgIpc) is 2.17. The predicted molar refractivity (Wildman–Crippen MR) is 60.9 cm³/mol. The molecule has 1 aromatic rings. The maximum absolute atomic E-state index is 10.2. The fraction of sp³-hybridized carbons (Fsp3) is 0.462. The highest BCUT2D eigenvalue weighted by molar-refractivity contribution is 5.48. The van der Waals surface area contributed by atoms with E-state index in [2.05, 4.69) is 33.8 Å². The van der Waals surface area contributed by atoms with E-state index in [9.17, 15) is 4.79 Å². The third-order valence-electron chi connectivity index (χ3n) is 2.44. The van der Waals surface area contributed by atoms with Crippen molar-refractivity contribution in [1.29, 1.82) is 0 Å². The van der Waals surface area contributed by atoms with Gasteiger partial charge in [0.2, 0.25) is 0 Å². The standard InChI is InChI=1S/C13H17O2/c1-9(2)11-5-12(10(3)4)7-13(6-11)15-8-14/h5-7,9-10H,1-4H3. The van der Waals surface area contributed by atoms with Gasteiger partial charge in [0.05, 0.1) is 0 Å². The molecule has 0 heterocycles. The van der Waals surface area contributed by atoms with Crippen molar-refractivity contribution >= 4 is 6.47 Å². The topological polar surface area (TPSA) is 26.3 Å². The molecule has 1 aromatic carbocycles. The second-order valence-electron chi connectivity index (χ2n) is 4.33. The summed E-state index contributed by atoms with van der Waals surface area (Å²) in [6, 6.07) is 5.94. The molecule has 0 bridgehead atoms. The van der Waals surface area contributed by atoms with Gasteiger partial charge in [-0.05, 0) is 35.1 Å². The summed E-state index contributed by atoms with van der Waals surface area (Å²) in [7, 11) is 0. The van der Waals surface area contributed by atoms with Gasteiger partial charge in [0, 0.05) is 0 Å². The molecule has 2 nitrogen and oxygen atoms in total. The lowest BCUT2D eigenvalue weighted by molar-refractivity contribution is 0.442. The van der Waals surface area contributed by atoms with Gasteiger partial charge in [-0.2, -0.15) is 0 Å². The van der Waals surface area contributed by atoms with Crippen LogP contribution in [0.4, 0.5) is 0 Å². The van der Waals surface area contributed by atoms with E-state index < -0.39 is 0 Å². The van der Waals surface area contributed by atoms with Gasteiger partial charge in [-0.1, -0.05) is 33.8 Å². The van der Waals surface area contributed by atoms with E-state index >= 15 is 0 Å². The van der Waals surface area contributed by atoms with Crippen molar-refractivity contribution < 1.29 is 9.53 Å². The van der Waals surface area contributed by atoms with Gasteiger partial charge in [-0.25, -0.2) is 4.79 Å². The van der Waals surface area contributed by atoms with Crippen LogP contribution < -0.4 is 4.74 Å². The summed E-state index contributed by atoms with van der Waals surface area (Å²) in [4.78, 5) is 10.2. The number of benzene rings is 1. The predicted octanol–water partition coefficient (Wildman–Crippen LogP) is 3.38. The van der Waals surface area contributed by atoms with Gasteiger partial charge < -0.3 is 4.74 Å². The summed E-state index contributed by atoms with van der Waals surface area (Å²) in [5.41, 5.74) is 2.37. The first kappa shape index (κ1) is 11.8. The van der Waals surface area contributed by atoms with E-state index in [4.69, 9.17) is 4.74 Å². The zero-order valence-electron chi connectivity index (χ0n) is 9.70. The van der Waals surface area contributed by atoms with Crippen LogP contribution in [0.1, 0.15) is 50.7 Å². The van der Waals surface area contributed by atoms with Crippen LogP contribution in [-0.4, -0.2) is 6.47 Å². The summed E-state index contributed by atoms with van der Waals surface area (Å²) in [5.74, 6) is 1.44. The largest absolute Gasteiger partial charge is 0.423 e. The Morgan fingerprint density at radius 3 is 1.80 bits per heavy atom. The van der Waals surface area contributed by atoms with Gasteiger partial charge in [-0.15, -0.1) is 0 Å². The molecule has 0 aliphatic carbocycles. The minimum absolute atomic E-state index is 0.428. The molecule has 0 spiro atoms. The van der Waals surface area contributed by atoms with Crippen LogP contribution in [0.25, 0.3) is 0 Å². The molecular weight excluding hydrogens is 188 g/mol. The van der Waals surface area contributed by atoms with Crippen molar-refractivity contribution in [2.75, 3.05) is 0 Å². The first-order valence-electron chi connectivity index (χ1n) is 5.23. The molecule has 1 radical (unpaired) electrons. The van der Waals surface area contributed by atoms with Crippen LogP contribution in [0.2, 0.25) is 0 Å². The van der Waals surface area contributed by atoms with E-state index in [1.54, 1.807) is 0 Å². The van der Waals surface area contributed by atoms with E-state index in [1.165, 1.54) is 17.6 Å². The summed E-state index contributed by atoms with van der Waals surface area (Å²) in [5, 5.41) is 0. The molecule has 2 heteroatoms. The Hall–Kier alpha value is -1.31. The first-order valence-corrected chi connectivity index (χ1v) is 5.23. The van der Waals surface area contributed by atoms with Crippen molar-refractivity contribution in [3.05, 3.63) is 29.3 Å². The molecule has 0 saturated heterocycles. The van der Waals surface area contributed by atoms with Gasteiger partial charge in [-0.3, -0.25) is 0 Å². The Kier molecular flexibility index (Phi) is 3.89. The third kappa shape index (κ3) is 3.08. The van der Waals surface area contributed by atoms with Crippen molar-refractivity contribution in [2.45, 2.75) is 39.5 Å². The minimum Gasteiger partial charge on any atom is -0.418 e. The van der Waals surface area contributed by atoms with Crippen LogP contribution in [0.3, 0.4) is 0 Å². The zero-order valence-corrected chi connectivity index (χ0v) is 9.70. The Labute approximate surface area is 91.3 Å². The molecule has 0 saturated carbocycles. The van der Waals surface area contributed by atoms with Crippen LogP contribution in [-0.2, 0) is 4.79 Å². The second kappa shape index (κ2) is 4.96. The number of ether oxygens (including phenoxy) is 1. The van der Waals surface area contributed by atoms with Gasteiger partial charge in [0.25, 0.3) is 0 Å². The molecule has 81 valence electrons. The van der Waals surface area contributed by atoms with Crippen molar-refractivity contribution in [2.24, 2.45) is 0 Å². The molecular formula is C13H17O2. The summed E-state index contributed by atoms with van der Waals surface area (Å²) in [6.45, 7) is 9.94. The Morgan fingerprint density at radius 1 is 1.00 bits per heavy atom. The number of hydrogen-bond donors (Lipinski definition) is 0. The smallest absolute Gasteiger partial charge is 0.418 e. The molecule has 15 heavy (non-hydrogen) atoms. The molecule has 0 atom stereocenters. The molecule has 0 aromatic heterocycles. The van der Waals surface area contributed by atoms with Crippen molar-refractivity contribution in [3.63, 3.8) is 0 Å². The second-order valence-corrected chi connectivity index (χ2v) is 4.33. The van der Waals surface area contributed by atoms with Crippen molar-refractivity contribution in [3.8, 4) is 5.75 Å². The lowest BCUT2D eigenvalue weighted by Gasteiger charge is -2.12. The van der Waals surface area contributed by atoms with Crippen LogP contribution in [0, 0.1) is 0 Å². The molecule has 1 rings (SSSR count). The molecule has 0 unspecified atom stereocenters. The highest BCUT2D eigenvalue weighted by Crippen LogP contribution is 2.26. The number of carbonyl (C=O) groups excluding carboxylic acids is 1. The Bertz CT molecular complexity index is 314. The monoisotopic (exact) mass is 205 g/mol. The normalized spacial score (nSPS) is 10.8. The van der Waals surface area contributed by atoms with Crippen LogP contribution in [0.15, 0.2) is 18.2 Å². The van der Waals surface area contributed by atoms with Crippen LogP contribution in [0.5, 0.6) is 5.75 Å². The van der Waals surface area contributed by atoms with E-state index in [1.807, 2.05) is 12.1 Å². The lowest BCUT2D eigenvalue weighted by Crippen LogP contribution is -1.97. The quantitative estimate of drug-likeness (QED) is 0.753. The van der Waals surface area contributed by atoms with E-state index in [0.29, 0.717) is 17.6 Å². The third-order valence-corrected chi connectivity index (χ3v) is 2.44. The van der Waals surface area contributed by atoms with E-state index in [0.717, 1.165) is 0 Å². The maximum atomic E-state index is 10.2. The van der Waals surface area contributed by atoms with Crippen LogP contribution >= 0.6 is 0 Å². The Balaban J connectivity index is 3.13. The molecule has 0 N–H and O–H groups in total. The zero-order chi connectivity index (χ0) is 11.4. The van der Waals surface area contributed by atoms with Crippen molar-refractivity contribution in [1.82, 2.24) is 0 Å². The van der Waals surface area contributed by atoms with E-state index in [-0.39, 0.29) is 0 Å². The highest BCUT2D eigenvalue weighted by Gasteiger charge is 2.07. The summed E-state index contributed by atoms with van der Waals surface area (Å²) in [6.07, 6.45) is 0. The molecule has 0 aliphatic rings.